The maximum absolute atomic E-state index is 12.2. The first-order valence-electron chi connectivity index (χ1n) is 10.0. The van der Waals surface area contributed by atoms with Crippen molar-refractivity contribution in [2.24, 2.45) is 0 Å². The van der Waals surface area contributed by atoms with Crippen LogP contribution in [0, 0.1) is 0 Å². The number of nitrogens with zero attached hydrogens (tertiary/aromatic N) is 1. The fourth-order valence-electron chi connectivity index (χ4n) is 3.01. The second-order valence-corrected chi connectivity index (χ2v) is 6.93. The quantitative estimate of drug-likeness (QED) is 0.382. The molecule has 0 radical (unpaired) electrons. The van der Waals surface area contributed by atoms with Gasteiger partial charge in [-0.3, -0.25) is 4.79 Å². The van der Waals surface area contributed by atoms with Gasteiger partial charge in [-0.15, -0.1) is 0 Å². The van der Waals surface area contributed by atoms with Crippen molar-refractivity contribution >= 4 is 11.9 Å². The molecule has 0 rings (SSSR count). The van der Waals surface area contributed by atoms with Crippen LogP contribution in [0.2, 0.25) is 0 Å². The van der Waals surface area contributed by atoms with Crippen molar-refractivity contribution in [1.29, 1.82) is 0 Å². The normalized spacial score (nSPS) is 12.1. The summed E-state index contributed by atoms with van der Waals surface area (Å²) in [4.78, 5) is 25.0. The number of carboxylic acid groups (broad SMARTS) is 1. The van der Waals surface area contributed by atoms with Crippen LogP contribution in [0.15, 0.2) is 0 Å². The number of hydrogen-bond acceptors (Lipinski definition) is 2. The van der Waals surface area contributed by atoms with E-state index in [9.17, 15) is 14.7 Å². The highest BCUT2D eigenvalue weighted by Crippen LogP contribution is 2.14. The van der Waals surface area contributed by atoms with E-state index in [0.717, 1.165) is 32.1 Å². The van der Waals surface area contributed by atoms with Crippen LogP contribution in [-0.4, -0.2) is 35.0 Å². The highest BCUT2D eigenvalue weighted by molar-refractivity contribution is 5.83. The van der Waals surface area contributed by atoms with E-state index in [0.29, 0.717) is 12.8 Å². The summed E-state index contributed by atoms with van der Waals surface area (Å²) in [7, 11) is 1.64. The van der Waals surface area contributed by atoms with Crippen LogP contribution in [0.1, 0.15) is 104 Å². The maximum Gasteiger partial charge on any atom is 0.326 e. The van der Waals surface area contributed by atoms with Crippen molar-refractivity contribution in [2.75, 3.05) is 7.05 Å². The zero-order chi connectivity index (χ0) is 18.2. The summed E-state index contributed by atoms with van der Waals surface area (Å²) in [5.41, 5.74) is 0. The molecule has 0 aliphatic carbocycles. The number of likely N-dealkylation sites (N-methyl/N-ethyl adjacent to an activating group) is 1. The second-order valence-electron chi connectivity index (χ2n) is 6.93. The average Bonchev–Trinajstić information content (AvgIpc) is 2.56. The molecule has 0 aromatic rings. The highest BCUT2D eigenvalue weighted by Gasteiger charge is 2.25. The van der Waals surface area contributed by atoms with E-state index in [1.165, 1.54) is 49.8 Å². The molecule has 0 bridgehead atoms. The van der Waals surface area contributed by atoms with Gasteiger partial charge < -0.3 is 10.0 Å². The van der Waals surface area contributed by atoms with Crippen LogP contribution in [0.25, 0.3) is 0 Å². The molecular formula is C20H39NO3. The van der Waals surface area contributed by atoms with Gasteiger partial charge >= 0.3 is 5.97 Å². The number of carbonyl (C=O) groups is 2. The average molecular weight is 342 g/mol. The Bertz CT molecular complexity index is 331. The molecule has 1 atom stereocenters. The summed E-state index contributed by atoms with van der Waals surface area (Å²) in [6.45, 7) is 4.32. The Kier molecular flexibility index (Phi) is 14.8. The van der Waals surface area contributed by atoms with Crippen LogP contribution >= 0.6 is 0 Å². The molecule has 142 valence electrons. The van der Waals surface area contributed by atoms with E-state index in [1.807, 2.05) is 0 Å². The lowest BCUT2D eigenvalue weighted by Crippen LogP contribution is -2.42. The molecule has 1 N–H and O–H groups in total. The number of rotatable bonds is 16. The molecule has 4 heteroatoms. The summed E-state index contributed by atoms with van der Waals surface area (Å²) in [5, 5.41) is 9.33. The molecule has 0 fully saturated rings. The summed E-state index contributed by atoms with van der Waals surface area (Å²) in [6.07, 6.45) is 14.9. The topological polar surface area (TPSA) is 57.6 Å². The van der Waals surface area contributed by atoms with Gasteiger partial charge in [-0.25, -0.2) is 4.79 Å². The predicted octanol–water partition coefficient (Wildman–Crippen LogP) is 5.40. The molecule has 0 aliphatic rings. The second kappa shape index (κ2) is 15.5. The highest BCUT2D eigenvalue weighted by atomic mass is 16.4. The number of hydrogen-bond donors (Lipinski definition) is 1. The van der Waals surface area contributed by atoms with Gasteiger partial charge in [0.15, 0.2) is 0 Å². The van der Waals surface area contributed by atoms with Crippen molar-refractivity contribution in [3.63, 3.8) is 0 Å². The first-order valence-corrected chi connectivity index (χ1v) is 10.0. The fraction of sp³-hybridized carbons (Fsp3) is 0.900. The predicted molar refractivity (Wildman–Crippen MR) is 100 cm³/mol. The van der Waals surface area contributed by atoms with Gasteiger partial charge in [0.2, 0.25) is 5.91 Å². The SMILES string of the molecule is CCCCCCCCCCCC(=O)N(C)C(CCCCC)C(=O)O. The third-order valence-electron chi connectivity index (χ3n) is 4.72. The molecule has 0 saturated carbocycles. The monoisotopic (exact) mass is 341 g/mol. The van der Waals surface area contributed by atoms with Crippen molar-refractivity contribution in [3.8, 4) is 0 Å². The number of unbranched alkanes of at least 4 members (excludes halogenated alkanes) is 10. The number of carbonyl (C=O) groups excluding carboxylic acids is 1. The minimum Gasteiger partial charge on any atom is -0.480 e. The number of carboxylic acids is 1. The summed E-state index contributed by atoms with van der Waals surface area (Å²) in [5.74, 6) is -0.907. The lowest BCUT2D eigenvalue weighted by atomic mass is 10.0. The molecule has 0 saturated heterocycles. The Morgan fingerprint density at radius 1 is 0.792 bits per heavy atom. The van der Waals surface area contributed by atoms with Crippen LogP contribution in [0.3, 0.4) is 0 Å². The van der Waals surface area contributed by atoms with Crippen LogP contribution in [-0.2, 0) is 9.59 Å². The van der Waals surface area contributed by atoms with Gasteiger partial charge in [-0.05, 0) is 12.8 Å². The molecule has 0 spiro atoms. The fourth-order valence-corrected chi connectivity index (χ4v) is 3.01. The Hall–Kier alpha value is -1.06. The molecule has 4 nitrogen and oxygen atoms in total. The van der Waals surface area contributed by atoms with Gasteiger partial charge in [-0.2, -0.15) is 0 Å². The van der Waals surface area contributed by atoms with Crippen molar-refractivity contribution in [3.05, 3.63) is 0 Å². The number of amides is 1. The van der Waals surface area contributed by atoms with Crippen LogP contribution in [0.4, 0.5) is 0 Å². The van der Waals surface area contributed by atoms with E-state index in [-0.39, 0.29) is 5.91 Å². The van der Waals surface area contributed by atoms with E-state index in [4.69, 9.17) is 0 Å². The van der Waals surface area contributed by atoms with Crippen molar-refractivity contribution in [1.82, 2.24) is 4.90 Å². The Labute approximate surface area is 149 Å². The number of aliphatic carboxylic acids is 1. The first-order chi connectivity index (χ1) is 11.5. The molecule has 0 aliphatic heterocycles. The summed E-state index contributed by atoms with van der Waals surface area (Å²) < 4.78 is 0. The molecule has 24 heavy (non-hydrogen) atoms. The minimum atomic E-state index is -0.881. The van der Waals surface area contributed by atoms with Gasteiger partial charge in [-0.1, -0.05) is 84.5 Å². The smallest absolute Gasteiger partial charge is 0.326 e. The van der Waals surface area contributed by atoms with Gasteiger partial charge in [0, 0.05) is 13.5 Å². The molecule has 0 heterocycles. The lowest BCUT2D eigenvalue weighted by molar-refractivity contribution is -0.149. The molecule has 0 aromatic heterocycles. The molecule has 1 amide bonds. The third-order valence-corrected chi connectivity index (χ3v) is 4.72. The van der Waals surface area contributed by atoms with Crippen LogP contribution < -0.4 is 0 Å². The van der Waals surface area contributed by atoms with E-state index < -0.39 is 12.0 Å². The molecule has 1 unspecified atom stereocenters. The zero-order valence-electron chi connectivity index (χ0n) is 16.2. The standard InChI is InChI=1S/C20H39NO3/c1-4-6-8-9-10-11-12-13-15-17-19(22)21(3)18(20(23)24)16-14-7-5-2/h18H,4-17H2,1-3H3,(H,23,24). The van der Waals surface area contributed by atoms with Crippen molar-refractivity contribution < 1.29 is 14.7 Å². The molecule has 0 aromatic carbocycles. The van der Waals surface area contributed by atoms with E-state index in [1.54, 1.807) is 7.05 Å². The minimum absolute atomic E-state index is 0.0261. The maximum atomic E-state index is 12.2. The van der Waals surface area contributed by atoms with Gasteiger partial charge in [0.05, 0.1) is 0 Å². The Morgan fingerprint density at radius 3 is 1.75 bits per heavy atom. The van der Waals surface area contributed by atoms with Gasteiger partial charge in [0.25, 0.3) is 0 Å². The van der Waals surface area contributed by atoms with E-state index >= 15 is 0 Å². The summed E-state index contributed by atoms with van der Waals surface area (Å²) >= 11 is 0. The lowest BCUT2D eigenvalue weighted by Gasteiger charge is -2.25. The zero-order valence-corrected chi connectivity index (χ0v) is 16.2. The first kappa shape index (κ1) is 22.9. The van der Waals surface area contributed by atoms with E-state index in [2.05, 4.69) is 13.8 Å². The molecular weight excluding hydrogens is 302 g/mol. The largest absolute Gasteiger partial charge is 0.480 e. The summed E-state index contributed by atoms with van der Waals surface area (Å²) in [6, 6.07) is -0.664. The van der Waals surface area contributed by atoms with Crippen molar-refractivity contribution in [2.45, 2.75) is 110 Å². The Morgan fingerprint density at radius 2 is 1.25 bits per heavy atom. The Balaban J connectivity index is 3.84. The van der Waals surface area contributed by atoms with Gasteiger partial charge in [0.1, 0.15) is 6.04 Å². The third kappa shape index (κ3) is 11.5. The van der Waals surface area contributed by atoms with Crippen LogP contribution in [0.5, 0.6) is 0 Å².